The Hall–Kier alpha value is -9.01. The average molecular weight is 836 g/mol. The molecule has 0 bridgehead atoms. The van der Waals surface area contributed by atoms with Crippen molar-refractivity contribution in [1.29, 1.82) is 0 Å². The van der Waals surface area contributed by atoms with Crippen molar-refractivity contribution >= 4 is 65.6 Å². The van der Waals surface area contributed by atoms with Crippen molar-refractivity contribution in [2.45, 2.75) is 0 Å². The lowest BCUT2D eigenvalue weighted by Crippen LogP contribution is -2.04. The van der Waals surface area contributed by atoms with Crippen LogP contribution in [0.25, 0.3) is 111 Å². The molecule has 0 N–H and O–H groups in total. The van der Waals surface area contributed by atoms with Gasteiger partial charge in [0, 0.05) is 60.4 Å². The van der Waals surface area contributed by atoms with Gasteiger partial charge in [0.1, 0.15) is 22.2 Å². The van der Waals surface area contributed by atoms with E-state index in [-0.39, 0.29) is 0 Å². The third kappa shape index (κ3) is 5.41. The molecule has 5 heterocycles. The molecule has 14 rings (SSSR count). The number of ether oxygens (including phenoxy) is 2. The summed E-state index contributed by atoms with van der Waals surface area (Å²) in [6.45, 7) is 0. The second-order valence-electron chi connectivity index (χ2n) is 16.4. The zero-order valence-electron chi connectivity index (χ0n) is 34.5. The van der Waals surface area contributed by atoms with Gasteiger partial charge in [0.25, 0.3) is 0 Å². The predicted octanol–water partition coefficient (Wildman–Crippen LogP) is 14.9. The molecule has 0 saturated carbocycles. The first-order valence-corrected chi connectivity index (χ1v) is 21.6. The van der Waals surface area contributed by atoms with E-state index in [1.807, 2.05) is 84.9 Å². The van der Waals surface area contributed by atoms with Gasteiger partial charge in [0.15, 0.2) is 40.5 Å². The SMILES string of the molecule is c1ccc(-c2nc(-c3ccccc3)nc(-c3cccc(-n4c5ccccc5c5ccc6c(c54)Oc4ccc5c7ccccc7n(-c7ccc8oc9ccccc9c8c7)c5c4O6)c3)n2)cc1. The zero-order valence-corrected chi connectivity index (χ0v) is 34.5. The van der Waals surface area contributed by atoms with E-state index in [9.17, 15) is 0 Å². The Morgan fingerprint density at radius 2 is 0.800 bits per heavy atom. The van der Waals surface area contributed by atoms with Crippen LogP contribution in [0, 0.1) is 0 Å². The molecule has 8 heteroatoms. The standard InChI is InChI=1S/C57H33N5O3/c1-3-14-34(15-4-1)55-58-56(35-16-5-2-6-17-35)60-57(59-55)36-18-13-19-37(32-36)61-45-23-10-7-20-39(45)42-27-30-49-53(51(42)61)64-50-31-28-43-40-21-8-11-24-46(40)62(52(43)54(50)65-49)38-26-29-48-44(33-38)41-22-9-12-25-47(41)63-48/h1-33H. The normalized spacial score (nSPS) is 12.2. The van der Waals surface area contributed by atoms with Crippen LogP contribution in [0.3, 0.4) is 0 Å². The number of furan rings is 1. The summed E-state index contributed by atoms with van der Waals surface area (Å²) in [6.07, 6.45) is 0. The molecule has 65 heavy (non-hydrogen) atoms. The second-order valence-corrected chi connectivity index (χ2v) is 16.4. The van der Waals surface area contributed by atoms with Gasteiger partial charge in [-0.1, -0.05) is 127 Å². The Bertz CT molecular complexity index is 4020. The lowest BCUT2D eigenvalue weighted by atomic mass is 10.1. The van der Waals surface area contributed by atoms with E-state index in [0.717, 1.165) is 93.6 Å². The van der Waals surface area contributed by atoms with Crippen LogP contribution in [0.15, 0.2) is 205 Å². The number of aromatic nitrogens is 5. The lowest BCUT2D eigenvalue weighted by molar-refractivity contribution is 0.365. The van der Waals surface area contributed by atoms with Gasteiger partial charge in [-0.25, -0.2) is 15.0 Å². The summed E-state index contributed by atoms with van der Waals surface area (Å²) >= 11 is 0. The van der Waals surface area contributed by atoms with Crippen LogP contribution in [0.1, 0.15) is 0 Å². The van der Waals surface area contributed by atoms with Gasteiger partial charge in [0.2, 0.25) is 0 Å². The Kier molecular flexibility index (Phi) is 7.52. The Morgan fingerprint density at radius 1 is 0.323 bits per heavy atom. The minimum Gasteiger partial charge on any atom is -0.456 e. The topological polar surface area (TPSA) is 80.1 Å². The maximum atomic E-state index is 7.13. The number of nitrogens with zero attached hydrogens (tertiary/aromatic N) is 5. The Morgan fingerprint density at radius 3 is 1.40 bits per heavy atom. The smallest absolute Gasteiger partial charge is 0.194 e. The third-order valence-corrected chi connectivity index (χ3v) is 12.6. The van der Waals surface area contributed by atoms with E-state index in [1.165, 1.54) is 0 Å². The number of rotatable bonds is 5. The third-order valence-electron chi connectivity index (χ3n) is 12.6. The van der Waals surface area contributed by atoms with Crippen LogP contribution in [0.4, 0.5) is 0 Å². The van der Waals surface area contributed by atoms with Gasteiger partial charge in [-0.05, 0) is 72.8 Å². The van der Waals surface area contributed by atoms with Crippen LogP contribution in [0.5, 0.6) is 23.0 Å². The summed E-state index contributed by atoms with van der Waals surface area (Å²) in [4.78, 5) is 15.0. The molecule has 0 radical (unpaired) electrons. The maximum Gasteiger partial charge on any atom is 0.194 e. The molecule has 0 aliphatic carbocycles. The summed E-state index contributed by atoms with van der Waals surface area (Å²) in [5.74, 6) is 4.36. The van der Waals surface area contributed by atoms with Crippen molar-refractivity contribution in [2.75, 3.05) is 0 Å². The fraction of sp³-hybridized carbons (Fsp3) is 0. The van der Waals surface area contributed by atoms with E-state index in [4.69, 9.17) is 28.8 Å². The molecular weight excluding hydrogens is 803 g/mol. The molecule has 1 aliphatic rings. The summed E-state index contributed by atoms with van der Waals surface area (Å²) in [7, 11) is 0. The predicted molar refractivity (Wildman–Crippen MR) is 259 cm³/mol. The Labute approximate surface area is 370 Å². The number of fused-ring (bicyclic) bond motifs is 13. The fourth-order valence-corrected chi connectivity index (χ4v) is 9.71. The van der Waals surface area contributed by atoms with Gasteiger partial charge >= 0.3 is 0 Å². The van der Waals surface area contributed by atoms with Crippen molar-refractivity contribution in [3.8, 4) is 68.5 Å². The molecule has 9 aromatic carbocycles. The highest BCUT2D eigenvalue weighted by Crippen LogP contribution is 2.54. The van der Waals surface area contributed by atoms with E-state index in [1.54, 1.807) is 0 Å². The van der Waals surface area contributed by atoms with Gasteiger partial charge < -0.3 is 23.0 Å². The van der Waals surface area contributed by atoms with Crippen LogP contribution >= 0.6 is 0 Å². The molecule has 0 saturated heterocycles. The first kappa shape index (κ1) is 35.6. The molecule has 13 aromatic rings. The highest BCUT2D eigenvalue weighted by atomic mass is 16.6. The lowest BCUT2D eigenvalue weighted by Gasteiger charge is -2.24. The molecule has 304 valence electrons. The largest absolute Gasteiger partial charge is 0.456 e. The summed E-state index contributed by atoms with van der Waals surface area (Å²) in [5, 5.41) is 6.47. The van der Waals surface area contributed by atoms with Gasteiger partial charge in [-0.2, -0.15) is 0 Å². The molecule has 1 aliphatic heterocycles. The molecule has 8 nitrogen and oxygen atoms in total. The van der Waals surface area contributed by atoms with E-state index in [2.05, 4.69) is 124 Å². The number of hydrogen-bond donors (Lipinski definition) is 0. The van der Waals surface area contributed by atoms with Gasteiger partial charge in [0.05, 0.1) is 11.0 Å². The van der Waals surface area contributed by atoms with Crippen molar-refractivity contribution < 1.29 is 13.9 Å². The summed E-state index contributed by atoms with van der Waals surface area (Å²) < 4.78 is 25.0. The van der Waals surface area contributed by atoms with E-state index in [0.29, 0.717) is 40.5 Å². The van der Waals surface area contributed by atoms with Gasteiger partial charge in [-0.15, -0.1) is 0 Å². The van der Waals surface area contributed by atoms with Crippen molar-refractivity contribution in [1.82, 2.24) is 24.1 Å². The molecule has 0 atom stereocenters. The molecular formula is C57H33N5O3. The molecule has 0 spiro atoms. The number of hydrogen-bond acceptors (Lipinski definition) is 6. The highest BCUT2D eigenvalue weighted by molar-refractivity contribution is 6.15. The molecule has 4 aromatic heterocycles. The summed E-state index contributed by atoms with van der Waals surface area (Å²) in [5.41, 5.74) is 10.3. The van der Waals surface area contributed by atoms with Crippen LogP contribution in [-0.4, -0.2) is 24.1 Å². The Balaban J connectivity index is 0.949. The van der Waals surface area contributed by atoms with Crippen molar-refractivity contribution in [3.63, 3.8) is 0 Å². The molecule has 0 amide bonds. The minimum absolute atomic E-state index is 0.579. The summed E-state index contributed by atoms with van der Waals surface area (Å²) in [6, 6.07) is 68.3. The van der Waals surface area contributed by atoms with Crippen molar-refractivity contribution in [3.05, 3.63) is 200 Å². The first-order chi connectivity index (χ1) is 32.2. The minimum atomic E-state index is 0.579. The second kappa shape index (κ2) is 13.7. The highest BCUT2D eigenvalue weighted by Gasteiger charge is 2.30. The van der Waals surface area contributed by atoms with Gasteiger partial charge in [-0.3, -0.25) is 0 Å². The first-order valence-electron chi connectivity index (χ1n) is 21.6. The van der Waals surface area contributed by atoms with Crippen LogP contribution in [0.2, 0.25) is 0 Å². The average Bonchev–Trinajstić information content (AvgIpc) is 4.04. The van der Waals surface area contributed by atoms with Crippen LogP contribution < -0.4 is 9.47 Å². The molecule has 0 fully saturated rings. The van der Waals surface area contributed by atoms with Crippen LogP contribution in [-0.2, 0) is 0 Å². The van der Waals surface area contributed by atoms with E-state index < -0.39 is 0 Å². The monoisotopic (exact) mass is 835 g/mol. The number of benzene rings is 9. The van der Waals surface area contributed by atoms with E-state index >= 15 is 0 Å². The maximum absolute atomic E-state index is 7.13. The zero-order chi connectivity index (χ0) is 42.6. The van der Waals surface area contributed by atoms with Crippen molar-refractivity contribution in [2.24, 2.45) is 0 Å². The fourth-order valence-electron chi connectivity index (χ4n) is 9.71. The number of para-hydroxylation sites is 3. The molecule has 0 unspecified atom stereocenters. The quantitative estimate of drug-likeness (QED) is 0.172.